The van der Waals surface area contributed by atoms with Crippen molar-refractivity contribution in [3.05, 3.63) is 24.0 Å². The highest BCUT2D eigenvalue weighted by molar-refractivity contribution is 5.38. The molecule has 3 heterocycles. The minimum absolute atomic E-state index is 0.232. The zero-order valence-electron chi connectivity index (χ0n) is 9.64. The van der Waals surface area contributed by atoms with E-state index in [1.165, 1.54) is 0 Å². The van der Waals surface area contributed by atoms with Crippen molar-refractivity contribution in [3.8, 4) is 11.7 Å². The lowest BCUT2D eigenvalue weighted by molar-refractivity contribution is 0.392. The Morgan fingerprint density at radius 1 is 1.33 bits per heavy atom. The van der Waals surface area contributed by atoms with Crippen molar-refractivity contribution in [1.82, 2.24) is 25.4 Å². The molecule has 0 unspecified atom stereocenters. The molecule has 7 heteroatoms. The van der Waals surface area contributed by atoms with Crippen LogP contribution in [0.3, 0.4) is 0 Å². The number of nitrogens with one attached hydrogen (secondary N) is 1. The van der Waals surface area contributed by atoms with Gasteiger partial charge in [-0.05, 0) is 19.4 Å². The average molecular weight is 249 g/mol. The van der Waals surface area contributed by atoms with E-state index >= 15 is 0 Å². The summed E-state index contributed by atoms with van der Waals surface area (Å²) < 4.78 is 17.8. The van der Waals surface area contributed by atoms with Gasteiger partial charge < -0.3 is 9.84 Å². The molecule has 1 aliphatic heterocycles. The van der Waals surface area contributed by atoms with Crippen LogP contribution in [0.15, 0.2) is 16.9 Å². The number of nitrogens with zero attached hydrogens (tertiary/aromatic N) is 4. The molecule has 18 heavy (non-hydrogen) atoms. The van der Waals surface area contributed by atoms with E-state index in [0.29, 0.717) is 5.82 Å². The molecule has 6 nitrogen and oxygen atoms in total. The fraction of sp³-hybridized carbons (Fsp3) is 0.455. The Balaban J connectivity index is 1.82. The first-order chi connectivity index (χ1) is 8.83. The van der Waals surface area contributed by atoms with Gasteiger partial charge in [0.1, 0.15) is 0 Å². The topological polar surface area (TPSA) is 76.7 Å². The van der Waals surface area contributed by atoms with Gasteiger partial charge >= 0.3 is 0 Å². The zero-order valence-corrected chi connectivity index (χ0v) is 9.64. The number of aromatic nitrogens is 4. The lowest BCUT2D eigenvalue weighted by Crippen LogP contribution is -2.28. The first-order valence-corrected chi connectivity index (χ1v) is 5.85. The highest BCUT2D eigenvalue weighted by atomic mass is 19.1. The number of piperidine rings is 1. The molecule has 2 aromatic heterocycles. The maximum Gasteiger partial charge on any atom is 0.295 e. The third-order valence-electron chi connectivity index (χ3n) is 2.92. The molecule has 1 aliphatic rings. The summed E-state index contributed by atoms with van der Waals surface area (Å²) in [6.45, 7) is 1.88. The summed E-state index contributed by atoms with van der Waals surface area (Å²) in [5, 5.41) is 7.23. The third kappa shape index (κ3) is 2.21. The van der Waals surface area contributed by atoms with E-state index in [-0.39, 0.29) is 17.6 Å². The molecule has 94 valence electrons. The van der Waals surface area contributed by atoms with Crippen LogP contribution in [0, 0.1) is 5.82 Å². The van der Waals surface area contributed by atoms with E-state index < -0.39 is 5.82 Å². The molecule has 1 N–H and O–H groups in total. The molecule has 1 saturated heterocycles. The maximum atomic E-state index is 12.7. The van der Waals surface area contributed by atoms with Crippen molar-refractivity contribution >= 4 is 0 Å². The summed E-state index contributed by atoms with van der Waals surface area (Å²) >= 11 is 0. The third-order valence-corrected chi connectivity index (χ3v) is 2.92. The Morgan fingerprint density at radius 2 is 2.17 bits per heavy atom. The first-order valence-electron chi connectivity index (χ1n) is 5.85. The quantitative estimate of drug-likeness (QED) is 0.859. The lowest BCUT2D eigenvalue weighted by Gasteiger charge is -2.19. The number of hydrogen-bond acceptors (Lipinski definition) is 6. The minimum atomic E-state index is -0.491. The molecule has 0 saturated carbocycles. The Labute approximate surface area is 103 Å². The van der Waals surface area contributed by atoms with Gasteiger partial charge in [-0.15, -0.1) is 0 Å². The molecule has 0 amide bonds. The van der Waals surface area contributed by atoms with Gasteiger partial charge in [-0.1, -0.05) is 5.16 Å². The second-order valence-corrected chi connectivity index (χ2v) is 4.23. The van der Waals surface area contributed by atoms with E-state index in [1.807, 2.05) is 0 Å². The van der Waals surface area contributed by atoms with E-state index in [9.17, 15) is 4.39 Å². The van der Waals surface area contributed by atoms with E-state index in [0.717, 1.165) is 38.3 Å². The molecular weight excluding hydrogens is 237 g/mol. The van der Waals surface area contributed by atoms with Gasteiger partial charge in [0.25, 0.3) is 5.89 Å². The monoisotopic (exact) mass is 249 g/mol. The fourth-order valence-electron chi connectivity index (χ4n) is 1.99. The maximum absolute atomic E-state index is 12.7. The van der Waals surface area contributed by atoms with Crippen LogP contribution in [0.25, 0.3) is 11.7 Å². The summed E-state index contributed by atoms with van der Waals surface area (Å²) in [5.74, 6) is 0.909. The minimum Gasteiger partial charge on any atom is -0.330 e. The highest BCUT2D eigenvalue weighted by Crippen LogP contribution is 2.22. The van der Waals surface area contributed by atoms with Crippen molar-refractivity contribution in [1.29, 1.82) is 0 Å². The van der Waals surface area contributed by atoms with Crippen LogP contribution in [-0.4, -0.2) is 33.2 Å². The lowest BCUT2D eigenvalue weighted by atomic mass is 9.99. The van der Waals surface area contributed by atoms with Crippen LogP contribution < -0.4 is 5.32 Å². The Kier molecular flexibility index (Phi) is 2.97. The largest absolute Gasteiger partial charge is 0.330 e. The molecular formula is C11H12FN5O. The van der Waals surface area contributed by atoms with Crippen molar-refractivity contribution in [2.24, 2.45) is 0 Å². The Hall–Kier alpha value is -1.89. The zero-order chi connectivity index (χ0) is 12.4. The molecule has 1 atom stereocenters. The molecule has 0 radical (unpaired) electrons. The fourth-order valence-corrected chi connectivity index (χ4v) is 1.99. The summed E-state index contributed by atoms with van der Waals surface area (Å²) in [4.78, 5) is 11.9. The van der Waals surface area contributed by atoms with Gasteiger partial charge in [0.15, 0.2) is 11.6 Å². The van der Waals surface area contributed by atoms with Gasteiger partial charge in [0.05, 0.1) is 12.4 Å². The number of hydrogen-bond donors (Lipinski definition) is 1. The van der Waals surface area contributed by atoms with Crippen LogP contribution in [-0.2, 0) is 0 Å². The molecule has 0 aliphatic carbocycles. The predicted molar refractivity (Wildman–Crippen MR) is 60.1 cm³/mol. The summed E-state index contributed by atoms with van der Waals surface area (Å²) in [5.41, 5.74) is 0. The van der Waals surface area contributed by atoms with Gasteiger partial charge in [0, 0.05) is 12.5 Å². The van der Waals surface area contributed by atoms with Gasteiger partial charge in [-0.3, -0.25) is 0 Å². The SMILES string of the molecule is Fc1cnc(-c2nc([C@H]3CCCNC3)no2)nc1. The van der Waals surface area contributed by atoms with Gasteiger partial charge in [0.2, 0.25) is 5.82 Å². The van der Waals surface area contributed by atoms with Crippen LogP contribution >= 0.6 is 0 Å². The van der Waals surface area contributed by atoms with Crippen LogP contribution in [0.4, 0.5) is 4.39 Å². The molecule has 1 fully saturated rings. The van der Waals surface area contributed by atoms with Crippen molar-refractivity contribution in [2.45, 2.75) is 18.8 Å². The summed E-state index contributed by atoms with van der Waals surface area (Å²) in [7, 11) is 0. The Bertz CT molecular complexity index is 520. The van der Waals surface area contributed by atoms with E-state index in [4.69, 9.17) is 4.52 Å². The number of rotatable bonds is 2. The van der Waals surface area contributed by atoms with Crippen molar-refractivity contribution < 1.29 is 8.91 Å². The van der Waals surface area contributed by atoms with Crippen molar-refractivity contribution in [3.63, 3.8) is 0 Å². The van der Waals surface area contributed by atoms with Crippen LogP contribution in [0.5, 0.6) is 0 Å². The standard InChI is InChI=1S/C11H12FN5O/c12-8-5-14-10(15-6-8)11-16-9(17-18-11)7-2-1-3-13-4-7/h5-7,13H,1-4H2/t7-/m0/s1. The molecule has 0 spiro atoms. The number of halogens is 1. The van der Waals surface area contributed by atoms with Crippen molar-refractivity contribution in [2.75, 3.05) is 13.1 Å². The van der Waals surface area contributed by atoms with Crippen LogP contribution in [0.2, 0.25) is 0 Å². The second-order valence-electron chi connectivity index (χ2n) is 4.23. The summed E-state index contributed by atoms with van der Waals surface area (Å²) in [6.07, 6.45) is 4.29. The van der Waals surface area contributed by atoms with Gasteiger partial charge in [-0.2, -0.15) is 4.98 Å². The van der Waals surface area contributed by atoms with E-state index in [2.05, 4.69) is 25.4 Å². The Morgan fingerprint density at radius 3 is 2.89 bits per heavy atom. The smallest absolute Gasteiger partial charge is 0.295 e. The predicted octanol–water partition coefficient (Wildman–Crippen LogP) is 1.13. The summed E-state index contributed by atoms with van der Waals surface area (Å²) in [6, 6.07) is 0. The molecule has 0 bridgehead atoms. The molecule has 0 aromatic carbocycles. The highest BCUT2D eigenvalue weighted by Gasteiger charge is 2.21. The average Bonchev–Trinajstić information content (AvgIpc) is 2.90. The van der Waals surface area contributed by atoms with E-state index in [1.54, 1.807) is 0 Å². The van der Waals surface area contributed by atoms with Gasteiger partial charge in [-0.25, -0.2) is 14.4 Å². The van der Waals surface area contributed by atoms with Crippen LogP contribution in [0.1, 0.15) is 24.6 Å². The first kappa shape index (κ1) is 11.2. The second kappa shape index (κ2) is 4.77. The normalized spacial score (nSPS) is 19.9. The molecule has 2 aromatic rings. The molecule has 3 rings (SSSR count).